The van der Waals surface area contributed by atoms with Gasteiger partial charge in [0.2, 0.25) is 0 Å². The van der Waals surface area contributed by atoms with E-state index in [0.717, 1.165) is 18.8 Å². The van der Waals surface area contributed by atoms with Gasteiger partial charge in [-0.25, -0.2) is 5.43 Å². The van der Waals surface area contributed by atoms with Crippen molar-refractivity contribution in [3.8, 4) is 6.07 Å². The fourth-order valence-corrected chi connectivity index (χ4v) is 2.76. The van der Waals surface area contributed by atoms with Gasteiger partial charge in [-0.15, -0.1) is 0 Å². The van der Waals surface area contributed by atoms with Gasteiger partial charge in [0.15, 0.2) is 5.11 Å². The lowest BCUT2D eigenvalue weighted by molar-refractivity contribution is -0.00521. The molecular weight excluding hydrogens is 310 g/mol. The number of morpholine rings is 1. The summed E-state index contributed by atoms with van der Waals surface area (Å²) in [5, 5.41) is 12.0. The Labute approximate surface area is 142 Å². The minimum atomic E-state index is 0.243. The summed E-state index contributed by atoms with van der Waals surface area (Å²) in [6.07, 6.45) is 0.918. The summed E-state index contributed by atoms with van der Waals surface area (Å²) in [6.45, 7) is 6.55. The van der Waals surface area contributed by atoms with Crippen molar-refractivity contribution < 1.29 is 4.74 Å². The Hall–Kier alpha value is -1.88. The van der Waals surface area contributed by atoms with E-state index in [1.165, 1.54) is 5.69 Å². The van der Waals surface area contributed by atoms with Crippen LogP contribution in [-0.2, 0) is 4.74 Å². The highest BCUT2D eigenvalue weighted by molar-refractivity contribution is 7.80. The Bertz CT molecular complexity index is 547. The first-order chi connectivity index (χ1) is 11.1. The summed E-state index contributed by atoms with van der Waals surface area (Å²) in [5.74, 6) is 0. The van der Waals surface area contributed by atoms with E-state index in [0.29, 0.717) is 18.1 Å². The van der Waals surface area contributed by atoms with Gasteiger partial charge in [-0.05, 0) is 50.3 Å². The third-order valence-corrected chi connectivity index (χ3v) is 3.68. The van der Waals surface area contributed by atoms with Crippen LogP contribution in [0.3, 0.4) is 0 Å². The summed E-state index contributed by atoms with van der Waals surface area (Å²) in [6, 6.07) is 10.2. The monoisotopic (exact) mass is 333 g/mol. The van der Waals surface area contributed by atoms with Crippen LogP contribution >= 0.6 is 12.2 Å². The van der Waals surface area contributed by atoms with Gasteiger partial charge in [0.25, 0.3) is 0 Å². The minimum absolute atomic E-state index is 0.243. The average Bonchev–Trinajstić information content (AvgIpc) is 2.51. The Kier molecular flexibility index (Phi) is 6.59. The molecule has 1 saturated heterocycles. The highest BCUT2D eigenvalue weighted by Gasteiger charge is 2.22. The maximum absolute atomic E-state index is 8.45. The lowest BCUT2D eigenvalue weighted by Crippen LogP contribution is -2.45. The number of ether oxygens (including phenoxy) is 1. The van der Waals surface area contributed by atoms with E-state index < -0.39 is 0 Å². The van der Waals surface area contributed by atoms with Crippen LogP contribution in [0.25, 0.3) is 0 Å². The third-order valence-electron chi connectivity index (χ3n) is 3.47. The molecule has 0 aliphatic carbocycles. The molecule has 1 aromatic rings. The number of thiocarbonyl (C=S) groups is 1. The minimum Gasteiger partial charge on any atom is -0.372 e. The van der Waals surface area contributed by atoms with E-state index in [9.17, 15) is 0 Å². The second-order valence-electron chi connectivity index (χ2n) is 5.62. The summed E-state index contributed by atoms with van der Waals surface area (Å²) >= 11 is 5.18. The highest BCUT2D eigenvalue weighted by atomic mass is 32.1. The molecule has 124 valence electrons. The Balaban J connectivity index is 1.84. The van der Waals surface area contributed by atoms with E-state index in [-0.39, 0.29) is 12.2 Å². The van der Waals surface area contributed by atoms with Gasteiger partial charge in [0, 0.05) is 37.4 Å². The summed E-state index contributed by atoms with van der Waals surface area (Å²) in [4.78, 5) is 2.34. The van der Waals surface area contributed by atoms with Crippen LogP contribution < -0.4 is 21.1 Å². The van der Waals surface area contributed by atoms with Crippen LogP contribution in [-0.4, -0.2) is 37.0 Å². The molecular formula is C16H23N5OS. The molecule has 1 aromatic carbocycles. The fraction of sp³-hybridized carbons (Fsp3) is 0.500. The lowest BCUT2D eigenvalue weighted by Gasteiger charge is -2.36. The standard InChI is InChI=1S/C16H23N5OS/c1-12-10-21(11-13(2)22-12)15-6-4-14(5-7-15)19-16(23)20-18-9-3-8-17/h4-7,12-13,18H,3,9-11H2,1-2H3,(H2,19,20,23)/t12-,13+. The fourth-order valence-electron chi connectivity index (χ4n) is 2.57. The van der Waals surface area contributed by atoms with E-state index in [1.807, 2.05) is 12.1 Å². The van der Waals surface area contributed by atoms with Crippen LogP contribution in [0.15, 0.2) is 24.3 Å². The van der Waals surface area contributed by atoms with E-state index in [1.54, 1.807) is 0 Å². The summed E-state index contributed by atoms with van der Waals surface area (Å²) < 4.78 is 5.76. The molecule has 0 spiro atoms. The van der Waals surface area contributed by atoms with Gasteiger partial charge in [-0.3, -0.25) is 5.43 Å². The molecule has 2 atom stereocenters. The van der Waals surface area contributed by atoms with Crippen molar-refractivity contribution in [2.24, 2.45) is 0 Å². The molecule has 0 saturated carbocycles. The predicted octanol–water partition coefficient (Wildman–Crippen LogP) is 2.00. The number of benzene rings is 1. The maximum atomic E-state index is 8.45. The largest absolute Gasteiger partial charge is 0.372 e. The molecule has 1 fully saturated rings. The Morgan fingerprint density at radius 1 is 1.30 bits per heavy atom. The molecule has 0 amide bonds. The molecule has 0 radical (unpaired) electrons. The number of nitrogens with one attached hydrogen (secondary N) is 3. The van der Waals surface area contributed by atoms with Gasteiger partial charge in [-0.1, -0.05) is 0 Å². The number of hydrazine groups is 1. The normalized spacial score (nSPS) is 20.7. The number of nitriles is 1. The summed E-state index contributed by atoms with van der Waals surface area (Å²) in [5.41, 5.74) is 7.83. The number of hydrogen-bond acceptors (Lipinski definition) is 5. The van der Waals surface area contributed by atoms with Gasteiger partial charge in [0.05, 0.1) is 18.3 Å². The molecule has 6 nitrogen and oxygen atoms in total. The first kappa shape index (κ1) is 17.5. The summed E-state index contributed by atoms with van der Waals surface area (Å²) in [7, 11) is 0. The van der Waals surface area contributed by atoms with Gasteiger partial charge >= 0.3 is 0 Å². The Morgan fingerprint density at radius 2 is 1.96 bits per heavy atom. The van der Waals surface area contributed by atoms with E-state index in [4.69, 9.17) is 22.2 Å². The van der Waals surface area contributed by atoms with Crippen LogP contribution in [0.2, 0.25) is 0 Å². The lowest BCUT2D eigenvalue weighted by atomic mass is 10.2. The van der Waals surface area contributed by atoms with Gasteiger partial charge in [-0.2, -0.15) is 5.26 Å². The molecule has 1 aliphatic rings. The smallest absolute Gasteiger partial charge is 0.185 e. The van der Waals surface area contributed by atoms with Crippen LogP contribution in [0.1, 0.15) is 20.3 Å². The zero-order chi connectivity index (χ0) is 16.7. The predicted molar refractivity (Wildman–Crippen MR) is 96.3 cm³/mol. The van der Waals surface area contributed by atoms with Gasteiger partial charge < -0.3 is 15.0 Å². The van der Waals surface area contributed by atoms with Crippen LogP contribution in [0, 0.1) is 11.3 Å². The van der Waals surface area contributed by atoms with Crippen molar-refractivity contribution >= 4 is 28.7 Å². The van der Waals surface area contributed by atoms with E-state index >= 15 is 0 Å². The van der Waals surface area contributed by atoms with Crippen molar-refractivity contribution in [2.45, 2.75) is 32.5 Å². The quantitative estimate of drug-likeness (QED) is 0.432. The van der Waals surface area contributed by atoms with Crippen molar-refractivity contribution in [1.29, 1.82) is 5.26 Å². The third kappa shape index (κ3) is 5.67. The SMILES string of the molecule is C[C@@H]1CN(c2ccc(NC(=S)NNCCC#N)cc2)C[C@H](C)O1. The first-order valence-corrected chi connectivity index (χ1v) is 8.16. The molecule has 7 heteroatoms. The molecule has 0 unspecified atom stereocenters. The van der Waals surface area contributed by atoms with Crippen molar-refractivity contribution in [2.75, 3.05) is 29.9 Å². The second kappa shape index (κ2) is 8.67. The zero-order valence-corrected chi connectivity index (χ0v) is 14.3. The molecule has 1 heterocycles. The van der Waals surface area contributed by atoms with Crippen LogP contribution in [0.4, 0.5) is 11.4 Å². The van der Waals surface area contributed by atoms with Crippen LogP contribution in [0.5, 0.6) is 0 Å². The number of rotatable bonds is 5. The second-order valence-corrected chi connectivity index (χ2v) is 6.03. The number of nitrogens with zero attached hydrogens (tertiary/aromatic N) is 2. The van der Waals surface area contributed by atoms with Crippen molar-refractivity contribution in [3.05, 3.63) is 24.3 Å². The average molecular weight is 333 g/mol. The molecule has 23 heavy (non-hydrogen) atoms. The topological polar surface area (TPSA) is 72.3 Å². The Morgan fingerprint density at radius 3 is 2.57 bits per heavy atom. The molecule has 0 aromatic heterocycles. The molecule has 3 N–H and O–H groups in total. The zero-order valence-electron chi connectivity index (χ0n) is 13.5. The van der Waals surface area contributed by atoms with Gasteiger partial charge in [0.1, 0.15) is 0 Å². The number of anilines is 2. The molecule has 1 aliphatic heterocycles. The molecule has 2 rings (SSSR count). The highest BCUT2D eigenvalue weighted by Crippen LogP contribution is 2.22. The first-order valence-electron chi connectivity index (χ1n) is 7.75. The van der Waals surface area contributed by atoms with Crippen molar-refractivity contribution in [3.63, 3.8) is 0 Å². The molecule has 0 bridgehead atoms. The number of hydrogen-bond donors (Lipinski definition) is 3. The maximum Gasteiger partial charge on any atom is 0.185 e. The van der Waals surface area contributed by atoms with E-state index in [2.05, 4.69) is 53.1 Å². The van der Waals surface area contributed by atoms with Crippen molar-refractivity contribution in [1.82, 2.24) is 10.9 Å².